The highest BCUT2D eigenvalue weighted by atomic mass is 19.4. The smallest absolute Gasteiger partial charge is 0.468 e. The number of carbonyl (C=O) groups excluding carboxylic acids is 2. The average Bonchev–Trinajstić information content (AvgIpc) is 3.21. The molecule has 0 aromatic heterocycles. The van der Waals surface area contributed by atoms with Crippen LogP contribution in [0, 0.1) is 5.41 Å². The summed E-state index contributed by atoms with van der Waals surface area (Å²) in [5, 5.41) is 0. The molecule has 2 rings (SSSR count). The molecule has 5 nitrogen and oxygen atoms in total. The Morgan fingerprint density at radius 1 is 1.09 bits per heavy atom. The van der Waals surface area contributed by atoms with Crippen LogP contribution in [0.5, 0.6) is 5.75 Å². The maximum absolute atomic E-state index is 12.1. The summed E-state index contributed by atoms with van der Waals surface area (Å²) in [6, 6.07) is 5.00. The lowest BCUT2D eigenvalue weighted by Gasteiger charge is -2.13. The molecule has 1 aliphatic rings. The first-order valence-electron chi connectivity index (χ1n) is 6.27. The lowest BCUT2D eigenvalue weighted by atomic mass is 9.99. The molecule has 1 aromatic carbocycles. The normalized spacial score (nSPS) is 19.2. The van der Waals surface area contributed by atoms with E-state index in [-0.39, 0.29) is 12.2 Å². The zero-order valence-electron chi connectivity index (χ0n) is 11.8. The fourth-order valence-electron chi connectivity index (χ4n) is 2.47. The largest absolute Gasteiger partial charge is 0.573 e. The Hall–Kier alpha value is -2.25. The van der Waals surface area contributed by atoms with Crippen LogP contribution >= 0.6 is 0 Å². The molecule has 0 amide bonds. The van der Waals surface area contributed by atoms with Crippen LogP contribution in [-0.4, -0.2) is 32.5 Å². The fraction of sp³-hybridized carbons (Fsp3) is 0.429. The van der Waals surface area contributed by atoms with Gasteiger partial charge in [0.25, 0.3) is 0 Å². The van der Waals surface area contributed by atoms with Gasteiger partial charge in [-0.15, -0.1) is 13.2 Å². The van der Waals surface area contributed by atoms with E-state index in [1.807, 2.05) is 0 Å². The second kappa shape index (κ2) is 5.51. The van der Waals surface area contributed by atoms with E-state index in [0.717, 1.165) is 26.4 Å². The van der Waals surface area contributed by atoms with Gasteiger partial charge in [-0.25, -0.2) is 0 Å². The van der Waals surface area contributed by atoms with Gasteiger partial charge in [0.2, 0.25) is 0 Å². The van der Waals surface area contributed by atoms with E-state index in [1.165, 1.54) is 12.1 Å². The Morgan fingerprint density at radius 3 is 2.00 bits per heavy atom. The average molecular weight is 318 g/mol. The molecule has 1 aliphatic carbocycles. The Balaban J connectivity index is 2.19. The molecule has 0 N–H and O–H groups in total. The predicted molar refractivity (Wildman–Crippen MR) is 66.9 cm³/mol. The van der Waals surface area contributed by atoms with Gasteiger partial charge in [-0.05, 0) is 24.1 Å². The highest BCUT2D eigenvalue weighted by Crippen LogP contribution is 2.60. The molecule has 1 aromatic rings. The van der Waals surface area contributed by atoms with Crippen LogP contribution in [0.2, 0.25) is 0 Å². The van der Waals surface area contributed by atoms with Crippen molar-refractivity contribution in [3.05, 3.63) is 29.8 Å². The van der Waals surface area contributed by atoms with Gasteiger partial charge in [0.1, 0.15) is 5.75 Å². The zero-order chi connectivity index (χ0) is 16.5. The number of alkyl halides is 3. The molecule has 1 saturated carbocycles. The van der Waals surface area contributed by atoms with Crippen molar-refractivity contribution in [1.29, 1.82) is 0 Å². The zero-order valence-corrected chi connectivity index (χ0v) is 11.8. The van der Waals surface area contributed by atoms with Crippen molar-refractivity contribution < 1.29 is 37.0 Å². The Labute approximate surface area is 124 Å². The number of hydrogen-bond acceptors (Lipinski definition) is 5. The quantitative estimate of drug-likeness (QED) is 0.630. The fourth-order valence-corrected chi connectivity index (χ4v) is 2.47. The van der Waals surface area contributed by atoms with E-state index in [0.29, 0.717) is 5.56 Å². The summed E-state index contributed by atoms with van der Waals surface area (Å²) >= 11 is 0. The number of hydrogen-bond donors (Lipinski definition) is 0. The van der Waals surface area contributed by atoms with Crippen molar-refractivity contribution in [3.63, 3.8) is 0 Å². The minimum atomic E-state index is -4.77. The lowest BCUT2D eigenvalue weighted by Crippen LogP contribution is -2.30. The van der Waals surface area contributed by atoms with Gasteiger partial charge >= 0.3 is 18.3 Å². The first-order valence-corrected chi connectivity index (χ1v) is 6.27. The molecule has 0 heterocycles. The van der Waals surface area contributed by atoms with Gasteiger partial charge < -0.3 is 14.2 Å². The first-order chi connectivity index (χ1) is 10.2. The molecule has 0 bridgehead atoms. The molecular formula is C14H13F3O5. The number of benzene rings is 1. The molecule has 1 atom stereocenters. The minimum absolute atomic E-state index is 0.186. The third-order valence-electron chi connectivity index (χ3n) is 3.58. The van der Waals surface area contributed by atoms with Crippen LogP contribution in [0.4, 0.5) is 13.2 Å². The maximum Gasteiger partial charge on any atom is 0.573 e. The molecule has 0 spiro atoms. The minimum Gasteiger partial charge on any atom is -0.468 e. The summed E-state index contributed by atoms with van der Waals surface area (Å²) in [7, 11) is 2.31. The van der Waals surface area contributed by atoms with Gasteiger partial charge in [-0.3, -0.25) is 9.59 Å². The lowest BCUT2D eigenvalue weighted by molar-refractivity contribution is -0.274. The summed E-state index contributed by atoms with van der Waals surface area (Å²) in [5.74, 6) is -2.31. The second-order valence-corrected chi connectivity index (χ2v) is 4.83. The van der Waals surface area contributed by atoms with Gasteiger partial charge in [-0.1, -0.05) is 12.1 Å². The second-order valence-electron chi connectivity index (χ2n) is 4.83. The highest BCUT2D eigenvalue weighted by Gasteiger charge is 2.68. The van der Waals surface area contributed by atoms with Crippen LogP contribution in [0.25, 0.3) is 0 Å². The number of carbonyl (C=O) groups is 2. The third-order valence-corrected chi connectivity index (χ3v) is 3.58. The molecule has 0 radical (unpaired) electrons. The number of rotatable bonds is 4. The Morgan fingerprint density at radius 2 is 1.59 bits per heavy atom. The van der Waals surface area contributed by atoms with Crippen molar-refractivity contribution in [3.8, 4) is 5.75 Å². The molecule has 1 fully saturated rings. The van der Waals surface area contributed by atoms with Crippen LogP contribution in [-0.2, 0) is 19.1 Å². The van der Waals surface area contributed by atoms with Crippen LogP contribution in [0.1, 0.15) is 17.9 Å². The van der Waals surface area contributed by atoms with E-state index >= 15 is 0 Å². The molecule has 120 valence electrons. The summed E-state index contributed by atoms with van der Waals surface area (Å²) in [5.41, 5.74) is -0.888. The van der Waals surface area contributed by atoms with Gasteiger partial charge in [0.15, 0.2) is 5.41 Å². The SMILES string of the molecule is COC(=O)C1(C(=O)OC)CC1c1ccc(OC(F)(F)F)cc1. The number of methoxy groups -OCH3 is 2. The van der Waals surface area contributed by atoms with Crippen molar-refractivity contribution in [2.45, 2.75) is 18.7 Å². The van der Waals surface area contributed by atoms with E-state index in [1.54, 1.807) is 0 Å². The van der Waals surface area contributed by atoms with Crippen molar-refractivity contribution in [2.75, 3.05) is 14.2 Å². The van der Waals surface area contributed by atoms with Gasteiger partial charge in [-0.2, -0.15) is 0 Å². The first kappa shape index (κ1) is 16.1. The van der Waals surface area contributed by atoms with E-state index in [4.69, 9.17) is 0 Å². The van der Waals surface area contributed by atoms with Crippen molar-refractivity contribution in [1.82, 2.24) is 0 Å². The van der Waals surface area contributed by atoms with E-state index in [2.05, 4.69) is 14.2 Å². The standard InChI is InChI=1S/C14H13F3O5/c1-20-11(18)13(12(19)21-2)7-10(13)8-3-5-9(6-4-8)22-14(15,16)17/h3-6,10H,7H2,1-2H3. The topological polar surface area (TPSA) is 61.8 Å². The summed E-state index contributed by atoms with van der Waals surface area (Å²) in [4.78, 5) is 23.7. The van der Waals surface area contributed by atoms with E-state index in [9.17, 15) is 22.8 Å². The third kappa shape index (κ3) is 2.86. The predicted octanol–water partition coefficient (Wildman–Crippen LogP) is 2.40. The molecular weight excluding hydrogens is 305 g/mol. The number of ether oxygens (including phenoxy) is 3. The van der Waals surface area contributed by atoms with E-state index < -0.39 is 29.6 Å². The molecule has 8 heteroatoms. The van der Waals surface area contributed by atoms with Gasteiger partial charge in [0, 0.05) is 5.92 Å². The highest BCUT2D eigenvalue weighted by molar-refractivity contribution is 6.05. The van der Waals surface area contributed by atoms with Crippen LogP contribution in [0.15, 0.2) is 24.3 Å². The Bertz CT molecular complexity index is 563. The van der Waals surface area contributed by atoms with Crippen molar-refractivity contribution in [2.24, 2.45) is 5.41 Å². The molecule has 0 aliphatic heterocycles. The summed E-state index contributed by atoms with van der Waals surface area (Å²) in [6.07, 6.45) is -4.59. The Kier molecular flexibility index (Phi) is 4.04. The van der Waals surface area contributed by atoms with Crippen molar-refractivity contribution >= 4 is 11.9 Å². The van der Waals surface area contributed by atoms with Gasteiger partial charge in [0.05, 0.1) is 14.2 Å². The summed E-state index contributed by atoms with van der Waals surface area (Å²) < 4.78 is 49.3. The molecule has 0 saturated heterocycles. The van der Waals surface area contributed by atoms with Crippen LogP contribution < -0.4 is 4.74 Å². The monoisotopic (exact) mass is 318 g/mol. The maximum atomic E-state index is 12.1. The molecule has 1 unspecified atom stereocenters. The molecule has 22 heavy (non-hydrogen) atoms. The van der Waals surface area contributed by atoms with Crippen LogP contribution in [0.3, 0.4) is 0 Å². The summed E-state index contributed by atoms with van der Waals surface area (Å²) in [6.45, 7) is 0. The number of esters is 2. The number of halogens is 3.